The predicted octanol–water partition coefficient (Wildman–Crippen LogP) is 3.42. The van der Waals surface area contributed by atoms with Crippen molar-refractivity contribution in [3.8, 4) is 0 Å². The third-order valence-corrected chi connectivity index (χ3v) is 2.76. The molecular formula is C10H6ClFN2S. The lowest BCUT2D eigenvalue weighted by Gasteiger charge is -2.00. The molecule has 2 nitrogen and oxygen atoms in total. The summed E-state index contributed by atoms with van der Waals surface area (Å²) in [5, 5.41) is 1.07. The Balaban J connectivity index is 2.22. The number of nitrogens with zero attached hydrogens (tertiary/aromatic N) is 2. The second kappa shape index (κ2) is 4.59. The minimum Gasteiger partial charge on any atom is -0.230 e. The predicted molar refractivity (Wildman–Crippen MR) is 57.6 cm³/mol. The van der Waals surface area contributed by atoms with Gasteiger partial charge in [-0.05, 0) is 18.2 Å². The first kappa shape index (κ1) is 10.4. The Morgan fingerprint density at radius 3 is 2.80 bits per heavy atom. The molecule has 0 aliphatic heterocycles. The van der Waals surface area contributed by atoms with E-state index in [9.17, 15) is 4.39 Å². The Kier molecular flexibility index (Phi) is 3.18. The smallest absolute Gasteiger partial charge is 0.133 e. The van der Waals surface area contributed by atoms with Gasteiger partial charge >= 0.3 is 0 Å². The van der Waals surface area contributed by atoms with Gasteiger partial charge in [-0.15, -0.1) is 0 Å². The minimum absolute atomic E-state index is 0.264. The minimum atomic E-state index is -0.264. The highest BCUT2D eigenvalue weighted by molar-refractivity contribution is 7.99. The standard InChI is InChI=1S/C10H6ClFN2S/c11-9-5-10(14-6-13-9)15-8-3-1-2-7(12)4-8/h1-6H. The zero-order chi connectivity index (χ0) is 10.7. The molecule has 76 valence electrons. The number of hydrogen-bond acceptors (Lipinski definition) is 3. The van der Waals surface area contributed by atoms with Crippen LogP contribution in [0.4, 0.5) is 4.39 Å². The average Bonchev–Trinajstić information content (AvgIpc) is 2.17. The number of aromatic nitrogens is 2. The zero-order valence-corrected chi connectivity index (χ0v) is 9.10. The molecule has 5 heteroatoms. The molecular weight excluding hydrogens is 235 g/mol. The maximum absolute atomic E-state index is 12.9. The lowest BCUT2D eigenvalue weighted by Crippen LogP contribution is -1.83. The van der Waals surface area contributed by atoms with Gasteiger partial charge in [0.1, 0.15) is 22.3 Å². The molecule has 0 saturated carbocycles. The van der Waals surface area contributed by atoms with Gasteiger partial charge in [0.05, 0.1) is 0 Å². The molecule has 0 fully saturated rings. The van der Waals surface area contributed by atoms with Crippen molar-refractivity contribution < 1.29 is 4.39 Å². The molecule has 1 heterocycles. The molecule has 2 rings (SSSR count). The Bertz CT molecular complexity index is 435. The highest BCUT2D eigenvalue weighted by Gasteiger charge is 2.01. The molecule has 0 atom stereocenters. The number of rotatable bonds is 2. The van der Waals surface area contributed by atoms with Gasteiger partial charge in [-0.3, -0.25) is 0 Å². The summed E-state index contributed by atoms with van der Waals surface area (Å²) in [5.74, 6) is -0.264. The van der Waals surface area contributed by atoms with Crippen LogP contribution in [0.2, 0.25) is 5.15 Å². The van der Waals surface area contributed by atoms with E-state index in [0.29, 0.717) is 10.2 Å². The molecule has 0 bridgehead atoms. The van der Waals surface area contributed by atoms with E-state index < -0.39 is 0 Å². The lowest BCUT2D eigenvalue weighted by molar-refractivity contribution is 0.624. The van der Waals surface area contributed by atoms with Crippen LogP contribution < -0.4 is 0 Å². The summed E-state index contributed by atoms with van der Waals surface area (Å²) in [6.45, 7) is 0. The first-order valence-corrected chi connectivity index (χ1v) is 5.34. The fourth-order valence-electron chi connectivity index (χ4n) is 1.02. The van der Waals surface area contributed by atoms with Gasteiger partial charge in [-0.25, -0.2) is 14.4 Å². The fraction of sp³-hybridized carbons (Fsp3) is 0. The maximum atomic E-state index is 12.9. The summed E-state index contributed by atoms with van der Waals surface area (Å²) in [5.41, 5.74) is 0. The zero-order valence-electron chi connectivity index (χ0n) is 7.52. The molecule has 0 aliphatic carbocycles. The first-order valence-electron chi connectivity index (χ1n) is 4.15. The summed E-state index contributed by atoms with van der Waals surface area (Å²) in [7, 11) is 0. The van der Waals surface area contributed by atoms with Crippen LogP contribution in [0.5, 0.6) is 0 Å². The first-order chi connectivity index (χ1) is 7.24. The van der Waals surface area contributed by atoms with Gasteiger partial charge in [-0.1, -0.05) is 29.4 Å². The van der Waals surface area contributed by atoms with Crippen LogP contribution in [0.3, 0.4) is 0 Å². The van der Waals surface area contributed by atoms with E-state index in [0.717, 1.165) is 4.90 Å². The van der Waals surface area contributed by atoms with E-state index in [-0.39, 0.29) is 5.82 Å². The Morgan fingerprint density at radius 1 is 1.20 bits per heavy atom. The molecule has 15 heavy (non-hydrogen) atoms. The molecule has 0 amide bonds. The van der Waals surface area contributed by atoms with Gasteiger partial charge < -0.3 is 0 Å². The number of halogens is 2. The van der Waals surface area contributed by atoms with Gasteiger partial charge in [0.15, 0.2) is 0 Å². The molecule has 1 aromatic heterocycles. The van der Waals surface area contributed by atoms with Crippen molar-refractivity contribution in [3.05, 3.63) is 47.6 Å². The highest BCUT2D eigenvalue weighted by atomic mass is 35.5. The van der Waals surface area contributed by atoms with Crippen molar-refractivity contribution in [2.45, 2.75) is 9.92 Å². The Labute approximate surface area is 95.5 Å². The van der Waals surface area contributed by atoms with E-state index in [2.05, 4.69) is 9.97 Å². The van der Waals surface area contributed by atoms with Crippen molar-refractivity contribution in [3.63, 3.8) is 0 Å². The maximum Gasteiger partial charge on any atom is 0.133 e. The normalized spacial score (nSPS) is 10.3. The SMILES string of the molecule is Fc1cccc(Sc2cc(Cl)ncn2)c1. The summed E-state index contributed by atoms with van der Waals surface area (Å²) in [6, 6.07) is 7.94. The second-order valence-corrected chi connectivity index (χ2v) is 4.22. The quantitative estimate of drug-likeness (QED) is 0.753. The molecule has 0 unspecified atom stereocenters. The number of hydrogen-bond donors (Lipinski definition) is 0. The van der Waals surface area contributed by atoms with Crippen LogP contribution in [0, 0.1) is 5.82 Å². The largest absolute Gasteiger partial charge is 0.230 e. The van der Waals surface area contributed by atoms with Crippen LogP contribution >= 0.6 is 23.4 Å². The van der Waals surface area contributed by atoms with Crippen molar-refractivity contribution in [1.82, 2.24) is 9.97 Å². The van der Waals surface area contributed by atoms with Gasteiger partial charge in [0.25, 0.3) is 0 Å². The van der Waals surface area contributed by atoms with Gasteiger partial charge in [0, 0.05) is 11.0 Å². The topological polar surface area (TPSA) is 25.8 Å². The van der Waals surface area contributed by atoms with E-state index in [1.165, 1.54) is 30.2 Å². The fourth-order valence-corrected chi connectivity index (χ4v) is 2.07. The van der Waals surface area contributed by atoms with Crippen molar-refractivity contribution in [1.29, 1.82) is 0 Å². The Morgan fingerprint density at radius 2 is 2.07 bits per heavy atom. The second-order valence-electron chi connectivity index (χ2n) is 2.74. The third kappa shape index (κ3) is 2.91. The van der Waals surface area contributed by atoms with Crippen LogP contribution in [0.15, 0.2) is 46.6 Å². The van der Waals surface area contributed by atoms with E-state index >= 15 is 0 Å². The van der Waals surface area contributed by atoms with E-state index in [1.54, 1.807) is 12.1 Å². The monoisotopic (exact) mass is 240 g/mol. The van der Waals surface area contributed by atoms with Crippen molar-refractivity contribution in [2.75, 3.05) is 0 Å². The molecule has 2 aromatic rings. The van der Waals surface area contributed by atoms with Crippen LogP contribution in [-0.2, 0) is 0 Å². The molecule has 0 spiro atoms. The molecule has 0 saturated heterocycles. The van der Waals surface area contributed by atoms with Crippen LogP contribution in [0.25, 0.3) is 0 Å². The molecule has 1 aromatic carbocycles. The van der Waals surface area contributed by atoms with Crippen molar-refractivity contribution >= 4 is 23.4 Å². The van der Waals surface area contributed by atoms with E-state index in [4.69, 9.17) is 11.6 Å². The van der Waals surface area contributed by atoms with Gasteiger partial charge in [-0.2, -0.15) is 0 Å². The van der Waals surface area contributed by atoms with Gasteiger partial charge in [0.2, 0.25) is 0 Å². The lowest BCUT2D eigenvalue weighted by atomic mass is 10.4. The molecule has 0 radical (unpaired) electrons. The number of benzene rings is 1. The third-order valence-electron chi connectivity index (χ3n) is 1.63. The summed E-state index contributed by atoms with van der Waals surface area (Å²) in [6.07, 6.45) is 1.38. The Hall–Kier alpha value is -1.13. The van der Waals surface area contributed by atoms with Crippen LogP contribution in [0.1, 0.15) is 0 Å². The molecule has 0 N–H and O–H groups in total. The van der Waals surface area contributed by atoms with Crippen molar-refractivity contribution in [2.24, 2.45) is 0 Å². The highest BCUT2D eigenvalue weighted by Crippen LogP contribution is 2.26. The average molecular weight is 241 g/mol. The summed E-state index contributed by atoms with van der Waals surface area (Å²) in [4.78, 5) is 8.56. The molecule has 0 aliphatic rings. The summed E-state index contributed by atoms with van der Waals surface area (Å²) < 4.78 is 12.9. The van der Waals surface area contributed by atoms with Crippen LogP contribution in [-0.4, -0.2) is 9.97 Å². The van der Waals surface area contributed by atoms with E-state index in [1.807, 2.05) is 6.07 Å². The summed E-state index contributed by atoms with van der Waals surface area (Å²) >= 11 is 7.04.